The van der Waals surface area contributed by atoms with Crippen LogP contribution >= 0.6 is 10.8 Å². The van der Waals surface area contributed by atoms with Crippen LogP contribution in [0.4, 0.5) is 0 Å². The van der Waals surface area contributed by atoms with Crippen molar-refractivity contribution >= 4 is 16.7 Å². The highest BCUT2D eigenvalue weighted by molar-refractivity contribution is 8.22. The number of benzene rings is 1. The summed E-state index contributed by atoms with van der Waals surface area (Å²) < 4.78 is 21.9. The average molecular weight is 271 g/mol. The van der Waals surface area contributed by atoms with Gasteiger partial charge in [-0.3, -0.25) is 13.9 Å². The molecule has 1 fully saturated rings. The van der Waals surface area contributed by atoms with Crippen molar-refractivity contribution in [2.24, 2.45) is 0 Å². The van der Waals surface area contributed by atoms with Crippen molar-refractivity contribution in [2.45, 2.75) is 30.7 Å². The van der Waals surface area contributed by atoms with Crippen LogP contribution in [0.15, 0.2) is 29.2 Å². The third-order valence-corrected chi connectivity index (χ3v) is 5.15. The van der Waals surface area contributed by atoms with Crippen molar-refractivity contribution < 1.29 is 19.0 Å². The Morgan fingerprint density at radius 1 is 1.33 bits per heavy atom. The van der Waals surface area contributed by atoms with E-state index in [1.807, 2.05) is 6.92 Å². The Morgan fingerprint density at radius 3 is 2.50 bits per heavy atom. The first-order valence-electron chi connectivity index (χ1n) is 5.77. The van der Waals surface area contributed by atoms with Crippen LogP contribution in [-0.4, -0.2) is 37.1 Å². The Kier molecular flexibility index (Phi) is 3.63. The molecule has 0 bridgehead atoms. The van der Waals surface area contributed by atoms with E-state index in [9.17, 15) is 13.9 Å². The molecule has 100 valence electrons. The largest absolute Gasteiger partial charge is 0.480 e. The predicted octanol–water partition coefficient (Wildman–Crippen LogP) is 2.57. The zero-order chi connectivity index (χ0) is 13.3. The standard InChI is InChI=1S/C12H17NO4S/c1-9-4-6-10(7-5-9)18(16,17)13-8-2-3-11(13)12(14)15/h4-7,11,16-17H,2-3,8H2,1H3,(H,14,15). The molecule has 1 aromatic carbocycles. The molecule has 6 heteroatoms. The molecule has 0 aromatic heterocycles. The maximum atomic E-state index is 11.1. The molecule has 0 amide bonds. The van der Waals surface area contributed by atoms with Crippen LogP contribution in [0.5, 0.6) is 0 Å². The van der Waals surface area contributed by atoms with Gasteiger partial charge in [0.2, 0.25) is 0 Å². The second-order valence-electron chi connectivity index (χ2n) is 4.47. The smallest absolute Gasteiger partial charge is 0.322 e. The van der Waals surface area contributed by atoms with Gasteiger partial charge < -0.3 is 5.11 Å². The molecule has 0 spiro atoms. The summed E-state index contributed by atoms with van der Waals surface area (Å²) in [5, 5.41) is 9.09. The monoisotopic (exact) mass is 271 g/mol. The van der Waals surface area contributed by atoms with Gasteiger partial charge in [-0.2, -0.15) is 4.31 Å². The number of rotatable bonds is 3. The normalized spacial score (nSPS) is 22.1. The first kappa shape index (κ1) is 13.4. The predicted molar refractivity (Wildman–Crippen MR) is 69.7 cm³/mol. The lowest BCUT2D eigenvalue weighted by atomic mass is 10.2. The number of aliphatic carboxylic acids is 1. The summed E-state index contributed by atoms with van der Waals surface area (Å²) in [4.78, 5) is 11.5. The van der Waals surface area contributed by atoms with E-state index >= 15 is 0 Å². The van der Waals surface area contributed by atoms with Crippen molar-refractivity contribution in [1.82, 2.24) is 4.31 Å². The van der Waals surface area contributed by atoms with Crippen LogP contribution in [0.3, 0.4) is 0 Å². The van der Waals surface area contributed by atoms with Gasteiger partial charge in [-0.1, -0.05) is 17.7 Å². The first-order chi connectivity index (χ1) is 8.43. The maximum Gasteiger partial charge on any atom is 0.322 e. The van der Waals surface area contributed by atoms with Crippen LogP contribution in [-0.2, 0) is 4.79 Å². The number of hydrogen-bond acceptors (Lipinski definition) is 4. The fourth-order valence-electron chi connectivity index (χ4n) is 2.15. The fourth-order valence-corrected chi connectivity index (χ4v) is 3.85. The zero-order valence-corrected chi connectivity index (χ0v) is 10.9. The summed E-state index contributed by atoms with van der Waals surface area (Å²) >= 11 is 0. The second-order valence-corrected chi connectivity index (χ2v) is 6.45. The molecule has 0 saturated carbocycles. The lowest BCUT2D eigenvalue weighted by Gasteiger charge is -2.42. The van der Waals surface area contributed by atoms with E-state index in [0.717, 1.165) is 5.56 Å². The fraction of sp³-hybridized carbons (Fsp3) is 0.417. The van der Waals surface area contributed by atoms with E-state index < -0.39 is 22.8 Å². The summed E-state index contributed by atoms with van der Waals surface area (Å²) in [6.07, 6.45) is 1.12. The van der Waals surface area contributed by atoms with Gasteiger partial charge in [0.25, 0.3) is 0 Å². The summed E-state index contributed by atoms with van der Waals surface area (Å²) in [7, 11) is -3.20. The van der Waals surface area contributed by atoms with Crippen LogP contribution in [0.1, 0.15) is 18.4 Å². The van der Waals surface area contributed by atoms with Gasteiger partial charge in [0.15, 0.2) is 0 Å². The number of nitrogens with zero attached hydrogens (tertiary/aromatic N) is 1. The quantitative estimate of drug-likeness (QED) is 0.787. The molecule has 1 aromatic rings. The number of carboxylic acid groups (broad SMARTS) is 1. The van der Waals surface area contributed by atoms with Crippen LogP contribution in [0.25, 0.3) is 0 Å². The third-order valence-electron chi connectivity index (χ3n) is 3.15. The molecule has 1 atom stereocenters. The van der Waals surface area contributed by atoms with Crippen molar-refractivity contribution in [2.75, 3.05) is 6.54 Å². The number of carbonyl (C=O) groups is 1. The number of hydrogen-bond donors (Lipinski definition) is 3. The van der Waals surface area contributed by atoms with Gasteiger partial charge in [-0.15, -0.1) is 10.8 Å². The molecule has 1 aliphatic heterocycles. The Morgan fingerprint density at radius 2 is 1.94 bits per heavy atom. The van der Waals surface area contributed by atoms with Gasteiger partial charge in [0.05, 0.1) is 4.90 Å². The molecule has 1 aliphatic rings. The SMILES string of the molecule is Cc1ccc(S(O)(O)N2CCCC2C(=O)O)cc1. The van der Waals surface area contributed by atoms with Gasteiger partial charge in [-0.05, 0) is 31.9 Å². The Labute approximate surface area is 108 Å². The second kappa shape index (κ2) is 4.89. The minimum absolute atomic E-state index is 0.376. The molecule has 1 heterocycles. The van der Waals surface area contributed by atoms with Crippen molar-refractivity contribution in [1.29, 1.82) is 0 Å². The van der Waals surface area contributed by atoms with E-state index in [1.165, 1.54) is 4.31 Å². The lowest BCUT2D eigenvalue weighted by molar-refractivity contribution is -0.140. The average Bonchev–Trinajstić information content (AvgIpc) is 2.79. The number of carboxylic acids is 1. The summed E-state index contributed by atoms with van der Waals surface area (Å²) in [6.45, 7) is 2.30. The molecule has 3 N–H and O–H groups in total. The van der Waals surface area contributed by atoms with E-state index in [-0.39, 0.29) is 0 Å². The summed E-state index contributed by atoms with van der Waals surface area (Å²) in [6, 6.07) is 6.05. The van der Waals surface area contributed by atoms with E-state index in [2.05, 4.69) is 0 Å². The number of aryl methyl sites for hydroxylation is 1. The minimum Gasteiger partial charge on any atom is -0.480 e. The molecular weight excluding hydrogens is 254 g/mol. The highest BCUT2D eigenvalue weighted by atomic mass is 32.3. The molecule has 2 rings (SSSR count). The zero-order valence-electron chi connectivity index (χ0n) is 10.1. The highest BCUT2D eigenvalue weighted by Gasteiger charge is 2.39. The lowest BCUT2D eigenvalue weighted by Crippen LogP contribution is -2.37. The molecular formula is C12H17NO4S. The van der Waals surface area contributed by atoms with E-state index in [1.54, 1.807) is 24.3 Å². The van der Waals surface area contributed by atoms with Crippen LogP contribution in [0, 0.1) is 6.92 Å². The van der Waals surface area contributed by atoms with Gasteiger partial charge in [0.1, 0.15) is 6.04 Å². The topological polar surface area (TPSA) is 81.0 Å². The van der Waals surface area contributed by atoms with Crippen molar-refractivity contribution in [3.05, 3.63) is 29.8 Å². The Balaban J connectivity index is 2.29. The van der Waals surface area contributed by atoms with Crippen LogP contribution < -0.4 is 0 Å². The Hall–Kier alpha value is -1.08. The molecule has 18 heavy (non-hydrogen) atoms. The van der Waals surface area contributed by atoms with Crippen LogP contribution in [0.2, 0.25) is 0 Å². The molecule has 0 aliphatic carbocycles. The third kappa shape index (κ3) is 2.37. The van der Waals surface area contributed by atoms with E-state index in [0.29, 0.717) is 24.3 Å². The van der Waals surface area contributed by atoms with Crippen molar-refractivity contribution in [3.8, 4) is 0 Å². The molecule has 0 radical (unpaired) electrons. The van der Waals surface area contributed by atoms with E-state index in [4.69, 9.17) is 5.11 Å². The Bertz CT molecular complexity index is 446. The maximum absolute atomic E-state index is 11.1. The summed E-state index contributed by atoms with van der Waals surface area (Å²) in [5.74, 6) is -1.00. The van der Waals surface area contributed by atoms with Gasteiger partial charge >= 0.3 is 5.97 Å². The molecule has 5 nitrogen and oxygen atoms in total. The minimum atomic E-state index is -3.20. The molecule has 1 saturated heterocycles. The van der Waals surface area contributed by atoms with Gasteiger partial charge in [0, 0.05) is 6.54 Å². The molecule has 1 unspecified atom stereocenters. The van der Waals surface area contributed by atoms with Gasteiger partial charge in [-0.25, -0.2) is 0 Å². The summed E-state index contributed by atoms with van der Waals surface area (Å²) in [5.41, 5.74) is 1.02. The van der Waals surface area contributed by atoms with Crippen molar-refractivity contribution in [3.63, 3.8) is 0 Å². The first-order valence-corrected chi connectivity index (χ1v) is 7.28. The highest BCUT2D eigenvalue weighted by Crippen LogP contribution is 2.54.